The van der Waals surface area contributed by atoms with Gasteiger partial charge in [0.2, 0.25) is 5.95 Å². The smallest absolute Gasteiger partial charge is 0.416 e. The number of hydrogen-bond donors (Lipinski definition) is 0. The molecule has 0 bridgehead atoms. The van der Waals surface area contributed by atoms with E-state index in [2.05, 4.69) is 14.7 Å². The highest BCUT2D eigenvalue weighted by Gasteiger charge is 2.41. The van der Waals surface area contributed by atoms with Gasteiger partial charge in [0.15, 0.2) is 5.75 Å². The molecule has 0 unspecified atom stereocenters. The zero-order chi connectivity index (χ0) is 31.7. The number of methoxy groups -OCH3 is 1. The first-order chi connectivity index (χ1) is 20.4. The zero-order valence-corrected chi connectivity index (χ0v) is 26.0. The lowest BCUT2D eigenvalue weighted by atomic mass is 9.87. The van der Waals surface area contributed by atoms with Crippen molar-refractivity contribution in [3.63, 3.8) is 0 Å². The molecule has 2 aromatic rings. The summed E-state index contributed by atoms with van der Waals surface area (Å²) in [4.78, 5) is 37.1. The van der Waals surface area contributed by atoms with E-state index in [1.165, 1.54) is 25.6 Å². The Bertz CT molecular complexity index is 1200. The van der Waals surface area contributed by atoms with Crippen LogP contribution in [0.2, 0.25) is 5.02 Å². The van der Waals surface area contributed by atoms with Gasteiger partial charge < -0.3 is 24.0 Å². The number of nitrogens with zero attached hydrogens (tertiary/aromatic N) is 4. The van der Waals surface area contributed by atoms with Crippen molar-refractivity contribution in [1.82, 2.24) is 14.9 Å². The Kier molecular flexibility index (Phi) is 12.3. The summed E-state index contributed by atoms with van der Waals surface area (Å²) in [5, 5.41) is -0.0227. The van der Waals surface area contributed by atoms with E-state index in [1.807, 2.05) is 23.6 Å². The van der Waals surface area contributed by atoms with E-state index in [9.17, 15) is 22.8 Å². The van der Waals surface area contributed by atoms with Crippen molar-refractivity contribution in [1.29, 1.82) is 0 Å². The second-order valence-corrected chi connectivity index (χ2v) is 11.2. The number of amides is 1. The molecule has 0 aliphatic carbocycles. The highest BCUT2D eigenvalue weighted by atomic mass is 35.5. The average molecular weight is 629 g/mol. The summed E-state index contributed by atoms with van der Waals surface area (Å²) >= 11 is 6.11. The van der Waals surface area contributed by atoms with E-state index < -0.39 is 11.7 Å². The molecule has 1 fully saturated rings. The van der Waals surface area contributed by atoms with E-state index in [-0.39, 0.29) is 60.9 Å². The molecular formula is C30H40ClF3N4O5. The molecule has 0 spiro atoms. The Morgan fingerprint density at radius 3 is 2.26 bits per heavy atom. The van der Waals surface area contributed by atoms with Crippen molar-refractivity contribution in [3.8, 4) is 5.75 Å². The summed E-state index contributed by atoms with van der Waals surface area (Å²) in [6, 6.07) is 2.99. The Balaban J connectivity index is 1.92. The number of carbonyl (C=O) groups excluding carboxylic acids is 2. The first kappa shape index (κ1) is 34.2. The molecule has 3 rings (SSSR count). The molecule has 9 nitrogen and oxygen atoms in total. The van der Waals surface area contributed by atoms with Crippen molar-refractivity contribution in [2.24, 2.45) is 0 Å². The maximum Gasteiger partial charge on any atom is 0.416 e. The fourth-order valence-corrected chi connectivity index (χ4v) is 5.56. The summed E-state index contributed by atoms with van der Waals surface area (Å²) < 4.78 is 56.7. The largest absolute Gasteiger partial charge is 0.490 e. The molecule has 43 heavy (non-hydrogen) atoms. The first-order valence-corrected chi connectivity index (χ1v) is 14.9. The van der Waals surface area contributed by atoms with Gasteiger partial charge in [0.25, 0.3) is 0 Å². The Labute approximate surface area is 255 Å². The summed E-state index contributed by atoms with van der Waals surface area (Å²) in [5.74, 6) is 0.364. The van der Waals surface area contributed by atoms with Gasteiger partial charge in [-0.3, -0.25) is 4.79 Å². The monoisotopic (exact) mass is 628 g/mol. The highest BCUT2D eigenvalue weighted by Crippen LogP contribution is 2.36. The standard InChI is InChI=1S/C30H40ClF3N4O5/c1-6-23-14-25(15-24(7-2)38(23)29(40)43-19(3)4)37(18-20-11-21(30(32,33)34)13-22(31)12-20)28-35-16-26(17-36-28)42-10-8-9-27(39)41-5/h11-13,16-17,19,23-25H,6-10,14-15,18H2,1-5H3/t23-,24+,25+. The van der Waals surface area contributed by atoms with Gasteiger partial charge >= 0.3 is 18.2 Å². The minimum Gasteiger partial charge on any atom is -0.490 e. The van der Waals surface area contributed by atoms with Gasteiger partial charge in [-0.1, -0.05) is 25.4 Å². The van der Waals surface area contributed by atoms with Gasteiger partial charge in [0.05, 0.1) is 37.8 Å². The molecule has 1 amide bonds. The van der Waals surface area contributed by atoms with Crippen LogP contribution in [-0.2, 0) is 27.0 Å². The van der Waals surface area contributed by atoms with E-state index in [4.69, 9.17) is 21.1 Å². The third kappa shape index (κ3) is 9.61. The number of anilines is 1. The number of ether oxygens (including phenoxy) is 3. The fourth-order valence-electron chi connectivity index (χ4n) is 5.30. The highest BCUT2D eigenvalue weighted by molar-refractivity contribution is 6.30. The lowest BCUT2D eigenvalue weighted by Gasteiger charge is -2.47. The maximum atomic E-state index is 13.6. The number of rotatable bonds is 12. The number of hydrogen-bond acceptors (Lipinski definition) is 8. The molecule has 13 heteroatoms. The lowest BCUT2D eigenvalue weighted by Crippen LogP contribution is -2.57. The van der Waals surface area contributed by atoms with Crippen molar-refractivity contribution in [2.45, 2.75) is 103 Å². The molecule has 2 heterocycles. The predicted molar refractivity (Wildman–Crippen MR) is 156 cm³/mol. The maximum absolute atomic E-state index is 13.6. The lowest BCUT2D eigenvalue weighted by molar-refractivity contribution is -0.141. The third-order valence-corrected chi connectivity index (χ3v) is 7.55. The summed E-state index contributed by atoms with van der Waals surface area (Å²) in [6.45, 7) is 7.92. The number of carbonyl (C=O) groups is 2. The summed E-state index contributed by atoms with van der Waals surface area (Å²) in [7, 11) is 1.32. The second kappa shape index (κ2) is 15.4. The SMILES string of the molecule is CC[C@@H]1C[C@H](N(Cc2cc(Cl)cc(C(F)(F)F)c2)c2ncc(OCCCC(=O)OC)cn2)C[C@H](CC)N1C(=O)OC(C)C. The van der Waals surface area contributed by atoms with Gasteiger partial charge in [-0.05, 0) is 69.7 Å². The van der Waals surface area contributed by atoms with Crippen LogP contribution in [0, 0.1) is 0 Å². The van der Waals surface area contributed by atoms with Crippen LogP contribution in [0.1, 0.15) is 77.3 Å². The van der Waals surface area contributed by atoms with Crippen LogP contribution in [-0.4, -0.2) is 64.9 Å². The Hall–Kier alpha value is -3.28. The van der Waals surface area contributed by atoms with Gasteiger partial charge in [-0.25, -0.2) is 14.8 Å². The van der Waals surface area contributed by atoms with Crippen LogP contribution in [0.3, 0.4) is 0 Å². The number of esters is 1. The minimum absolute atomic E-state index is 0.0227. The number of piperidine rings is 1. The van der Waals surface area contributed by atoms with Gasteiger partial charge in [0, 0.05) is 36.1 Å². The zero-order valence-electron chi connectivity index (χ0n) is 25.2. The van der Waals surface area contributed by atoms with E-state index in [0.717, 1.165) is 12.1 Å². The molecule has 0 N–H and O–H groups in total. The molecule has 3 atom stereocenters. The summed E-state index contributed by atoms with van der Waals surface area (Å²) in [5.41, 5.74) is -0.481. The number of alkyl halides is 3. The van der Waals surface area contributed by atoms with Crippen LogP contribution >= 0.6 is 11.6 Å². The molecule has 238 valence electrons. The number of aromatic nitrogens is 2. The topological polar surface area (TPSA) is 94.1 Å². The van der Waals surface area contributed by atoms with Crippen LogP contribution in [0.4, 0.5) is 23.9 Å². The summed E-state index contributed by atoms with van der Waals surface area (Å²) in [6.07, 6.45) is 0.887. The van der Waals surface area contributed by atoms with Crippen molar-refractivity contribution < 1.29 is 37.0 Å². The Morgan fingerprint density at radius 1 is 1.09 bits per heavy atom. The van der Waals surface area contributed by atoms with Crippen molar-refractivity contribution >= 4 is 29.6 Å². The predicted octanol–water partition coefficient (Wildman–Crippen LogP) is 7.05. The van der Waals surface area contributed by atoms with Crippen LogP contribution in [0.25, 0.3) is 0 Å². The molecular weight excluding hydrogens is 589 g/mol. The van der Waals surface area contributed by atoms with Crippen LogP contribution in [0.15, 0.2) is 30.6 Å². The van der Waals surface area contributed by atoms with Gasteiger partial charge in [-0.2, -0.15) is 13.2 Å². The molecule has 1 aliphatic heterocycles. The van der Waals surface area contributed by atoms with Gasteiger partial charge in [0.1, 0.15) is 0 Å². The normalized spacial score (nSPS) is 18.8. The van der Waals surface area contributed by atoms with E-state index in [1.54, 1.807) is 13.8 Å². The van der Waals surface area contributed by atoms with Gasteiger partial charge in [-0.15, -0.1) is 0 Å². The van der Waals surface area contributed by atoms with Crippen molar-refractivity contribution in [3.05, 3.63) is 46.7 Å². The van der Waals surface area contributed by atoms with Crippen LogP contribution in [0.5, 0.6) is 5.75 Å². The molecule has 1 aromatic heterocycles. The van der Waals surface area contributed by atoms with Crippen LogP contribution < -0.4 is 9.64 Å². The molecule has 0 saturated carbocycles. The Morgan fingerprint density at radius 2 is 1.72 bits per heavy atom. The minimum atomic E-state index is -4.56. The molecule has 1 aromatic carbocycles. The van der Waals surface area contributed by atoms with E-state index >= 15 is 0 Å². The van der Waals surface area contributed by atoms with E-state index in [0.29, 0.717) is 49.4 Å². The second-order valence-electron chi connectivity index (χ2n) is 10.8. The fraction of sp³-hybridized carbons (Fsp3) is 0.600. The molecule has 1 aliphatic rings. The molecule has 0 radical (unpaired) electrons. The number of benzene rings is 1. The average Bonchev–Trinajstić information content (AvgIpc) is 2.96. The first-order valence-electron chi connectivity index (χ1n) is 14.5. The number of likely N-dealkylation sites (tertiary alicyclic amines) is 1. The molecule has 1 saturated heterocycles. The number of halogens is 4. The third-order valence-electron chi connectivity index (χ3n) is 7.34. The quantitative estimate of drug-likeness (QED) is 0.182. The van der Waals surface area contributed by atoms with Crippen molar-refractivity contribution in [2.75, 3.05) is 18.6 Å².